The molecule has 0 bridgehead atoms. The van der Waals surface area contributed by atoms with E-state index in [4.69, 9.17) is 4.74 Å². The molecule has 8 nitrogen and oxygen atoms in total. The van der Waals surface area contributed by atoms with Gasteiger partial charge in [0.25, 0.3) is 11.6 Å². The fraction of sp³-hybridized carbons (Fsp3) is 0.0476. The van der Waals surface area contributed by atoms with Crippen LogP contribution in [0.2, 0.25) is 0 Å². The minimum Gasteiger partial charge on any atom is -0.465 e. The molecule has 0 aliphatic heterocycles. The summed E-state index contributed by atoms with van der Waals surface area (Å²) in [5.41, 5.74) is -0.186. The molecule has 8 heteroatoms. The van der Waals surface area contributed by atoms with Gasteiger partial charge in [0.1, 0.15) is 5.75 Å². The monoisotopic (exact) mass is 392 g/mol. The van der Waals surface area contributed by atoms with Gasteiger partial charge in [-0.1, -0.05) is 30.3 Å². The number of non-ortho nitro benzene ring substituents is 1. The third kappa shape index (κ3) is 4.75. The maximum absolute atomic E-state index is 12.7. The third-order valence-corrected chi connectivity index (χ3v) is 3.92. The molecule has 0 atom stereocenters. The molecular formula is C21H16N2O6. The lowest BCUT2D eigenvalue weighted by Gasteiger charge is -2.12. The molecule has 0 heterocycles. The zero-order valence-electron chi connectivity index (χ0n) is 15.3. The Hall–Kier alpha value is -4.20. The van der Waals surface area contributed by atoms with E-state index >= 15 is 0 Å². The van der Waals surface area contributed by atoms with Crippen LogP contribution in [0.1, 0.15) is 20.7 Å². The summed E-state index contributed by atoms with van der Waals surface area (Å²) in [7, 11) is 1.15. The van der Waals surface area contributed by atoms with Crippen molar-refractivity contribution in [2.24, 2.45) is 0 Å². The maximum atomic E-state index is 12.7. The summed E-state index contributed by atoms with van der Waals surface area (Å²) >= 11 is 0. The van der Waals surface area contributed by atoms with Crippen molar-refractivity contribution in [3.63, 3.8) is 0 Å². The molecule has 0 aliphatic carbocycles. The van der Waals surface area contributed by atoms with E-state index < -0.39 is 22.5 Å². The number of anilines is 1. The van der Waals surface area contributed by atoms with E-state index in [1.165, 1.54) is 6.07 Å². The SMILES string of the molecule is COC(=O)c1cc(C(=O)Nc2ccccc2Oc2ccccc2)cc([N+](=O)[O-])c1. The summed E-state index contributed by atoms with van der Waals surface area (Å²) in [4.78, 5) is 35.0. The number of nitro benzene ring substituents is 1. The molecule has 0 spiro atoms. The Balaban J connectivity index is 1.90. The van der Waals surface area contributed by atoms with Crippen molar-refractivity contribution in [1.29, 1.82) is 0 Å². The van der Waals surface area contributed by atoms with Crippen molar-refractivity contribution in [2.45, 2.75) is 0 Å². The minimum atomic E-state index is -0.782. The van der Waals surface area contributed by atoms with Crippen molar-refractivity contribution >= 4 is 23.3 Å². The van der Waals surface area contributed by atoms with Crippen LogP contribution in [0, 0.1) is 10.1 Å². The van der Waals surface area contributed by atoms with Gasteiger partial charge in [-0.3, -0.25) is 14.9 Å². The van der Waals surface area contributed by atoms with Crippen LogP contribution in [-0.4, -0.2) is 23.9 Å². The van der Waals surface area contributed by atoms with E-state index in [1.807, 2.05) is 18.2 Å². The predicted molar refractivity (Wildman–Crippen MR) is 105 cm³/mol. The largest absolute Gasteiger partial charge is 0.465 e. The van der Waals surface area contributed by atoms with Crippen LogP contribution in [-0.2, 0) is 4.74 Å². The average Bonchev–Trinajstić information content (AvgIpc) is 2.74. The highest BCUT2D eigenvalue weighted by atomic mass is 16.6. The number of hydrogen-bond acceptors (Lipinski definition) is 6. The number of rotatable bonds is 6. The summed E-state index contributed by atoms with van der Waals surface area (Å²) in [6.07, 6.45) is 0. The van der Waals surface area contributed by atoms with Crippen molar-refractivity contribution < 1.29 is 24.0 Å². The summed E-state index contributed by atoms with van der Waals surface area (Å²) in [5, 5.41) is 13.8. The molecule has 0 aliphatic rings. The molecule has 3 rings (SSSR count). The summed E-state index contributed by atoms with van der Waals surface area (Å²) in [5.74, 6) is -0.443. The van der Waals surface area contributed by atoms with Gasteiger partial charge in [0.2, 0.25) is 0 Å². The Morgan fingerprint density at radius 3 is 2.28 bits per heavy atom. The zero-order valence-corrected chi connectivity index (χ0v) is 15.3. The van der Waals surface area contributed by atoms with Crippen molar-refractivity contribution in [3.8, 4) is 11.5 Å². The van der Waals surface area contributed by atoms with Crippen molar-refractivity contribution in [3.05, 3.63) is 94.0 Å². The van der Waals surface area contributed by atoms with Crippen molar-refractivity contribution in [2.75, 3.05) is 12.4 Å². The van der Waals surface area contributed by atoms with Gasteiger partial charge in [0, 0.05) is 17.7 Å². The summed E-state index contributed by atoms with van der Waals surface area (Å²) in [6.45, 7) is 0. The molecule has 0 saturated carbocycles. The highest BCUT2D eigenvalue weighted by Gasteiger charge is 2.19. The van der Waals surface area contributed by atoms with Gasteiger partial charge in [-0.25, -0.2) is 4.79 Å². The first-order chi connectivity index (χ1) is 14.0. The first-order valence-electron chi connectivity index (χ1n) is 8.49. The molecule has 0 saturated heterocycles. The standard InChI is InChI=1S/C21H16N2O6/c1-28-21(25)15-11-14(12-16(13-15)23(26)27)20(24)22-18-9-5-6-10-19(18)29-17-7-3-2-4-8-17/h2-13H,1H3,(H,22,24). The second-order valence-electron chi connectivity index (χ2n) is 5.88. The van der Waals surface area contributed by atoms with Crippen LogP contribution in [0.4, 0.5) is 11.4 Å². The topological polar surface area (TPSA) is 108 Å². The Kier molecular flexibility index (Phi) is 5.84. The molecule has 3 aromatic carbocycles. The number of carbonyl (C=O) groups excluding carboxylic acids is 2. The lowest BCUT2D eigenvalue weighted by atomic mass is 10.1. The van der Waals surface area contributed by atoms with Gasteiger partial charge in [0.15, 0.2) is 5.75 Å². The number of amides is 1. The molecule has 146 valence electrons. The van der Waals surface area contributed by atoms with E-state index in [0.717, 1.165) is 19.2 Å². The number of carbonyl (C=O) groups is 2. The fourth-order valence-electron chi connectivity index (χ4n) is 2.55. The Bertz CT molecular complexity index is 1070. The fourth-order valence-corrected chi connectivity index (χ4v) is 2.55. The van der Waals surface area contributed by atoms with Crippen LogP contribution in [0.3, 0.4) is 0 Å². The molecule has 0 radical (unpaired) electrons. The van der Waals surface area contributed by atoms with Crippen LogP contribution in [0.15, 0.2) is 72.8 Å². The van der Waals surface area contributed by atoms with Gasteiger partial charge < -0.3 is 14.8 Å². The Morgan fingerprint density at radius 2 is 1.59 bits per heavy atom. The molecule has 29 heavy (non-hydrogen) atoms. The molecule has 0 fully saturated rings. The van der Waals surface area contributed by atoms with Crippen LogP contribution in [0.5, 0.6) is 11.5 Å². The average molecular weight is 392 g/mol. The first kappa shape index (κ1) is 19.6. The van der Waals surface area contributed by atoms with E-state index in [1.54, 1.807) is 36.4 Å². The maximum Gasteiger partial charge on any atom is 0.338 e. The van der Waals surface area contributed by atoms with E-state index in [0.29, 0.717) is 17.2 Å². The number of hydrogen-bond donors (Lipinski definition) is 1. The van der Waals surface area contributed by atoms with Gasteiger partial charge in [-0.15, -0.1) is 0 Å². The number of nitro groups is 1. The normalized spacial score (nSPS) is 10.1. The number of nitrogens with one attached hydrogen (secondary N) is 1. The van der Waals surface area contributed by atoms with Gasteiger partial charge >= 0.3 is 5.97 Å². The highest BCUT2D eigenvalue weighted by Crippen LogP contribution is 2.30. The number of methoxy groups -OCH3 is 1. The van der Waals surface area contributed by atoms with E-state index in [9.17, 15) is 19.7 Å². The van der Waals surface area contributed by atoms with Crippen LogP contribution in [0.25, 0.3) is 0 Å². The zero-order chi connectivity index (χ0) is 20.8. The first-order valence-corrected chi connectivity index (χ1v) is 8.49. The molecule has 0 aromatic heterocycles. The van der Waals surface area contributed by atoms with Crippen LogP contribution < -0.4 is 10.1 Å². The minimum absolute atomic E-state index is 0.0610. The number of nitrogens with zero attached hydrogens (tertiary/aromatic N) is 1. The predicted octanol–water partition coefficient (Wildman–Crippen LogP) is 4.43. The van der Waals surface area contributed by atoms with Crippen molar-refractivity contribution in [1.82, 2.24) is 0 Å². The molecule has 1 N–H and O–H groups in total. The van der Waals surface area contributed by atoms with Gasteiger partial charge in [-0.05, 0) is 30.3 Å². The van der Waals surface area contributed by atoms with E-state index in [-0.39, 0.29) is 11.1 Å². The number of ether oxygens (including phenoxy) is 2. The number of esters is 1. The number of para-hydroxylation sites is 3. The second-order valence-corrected chi connectivity index (χ2v) is 5.88. The number of benzene rings is 3. The quantitative estimate of drug-likeness (QED) is 0.378. The molecule has 1 amide bonds. The Morgan fingerprint density at radius 1 is 0.931 bits per heavy atom. The molecule has 3 aromatic rings. The lowest BCUT2D eigenvalue weighted by Crippen LogP contribution is -2.14. The van der Waals surface area contributed by atoms with Crippen LogP contribution >= 0.6 is 0 Å². The highest BCUT2D eigenvalue weighted by molar-refractivity contribution is 6.07. The smallest absolute Gasteiger partial charge is 0.338 e. The molecule has 0 unspecified atom stereocenters. The van der Waals surface area contributed by atoms with Gasteiger partial charge in [0.05, 0.1) is 23.3 Å². The lowest BCUT2D eigenvalue weighted by molar-refractivity contribution is -0.384. The second kappa shape index (κ2) is 8.66. The molecular weight excluding hydrogens is 376 g/mol. The van der Waals surface area contributed by atoms with Gasteiger partial charge in [-0.2, -0.15) is 0 Å². The van der Waals surface area contributed by atoms with E-state index in [2.05, 4.69) is 10.1 Å². The summed E-state index contributed by atoms with van der Waals surface area (Å²) in [6, 6.07) is 19.1. The third-order valence-electron chi connectivity index (χ3n) is 3.92. The Labute approximate surface area is 165 Å². The summed E-state index contributed by atoms with van der Waals surface area (Å²) < 4.78 is 10.4.